The predicted molar refractivity (Wildman–Crippen MR) is 77.6 cm³/mol. The second-order valence-electron chi connectivity index (χ2n) is 5.84. The van der Waals surface area contributed by atoms with Crippen molar-refractivity contribution in [1.29, 1.82) is 0 Å². The first kappa shape index (κ1) is 14.7. The highest BCUT2D eigenvalue weighted by Crippen LogP contribution is 2.43. The number of likely N-dealkylation sites (tertiary alicyclic amines) is 1. The van der Waals surface area contributed by atoms with Crippen LogP contribution in [-0.2, 0) is 19.1 Å². The van der Waals surface area contributed by atoms with Crippen molar-refractivity contribution in [1.82, 2.24) is 10.2 Å². The maximum Gasteiger partial charge on any atom is 0.323 e. The van der Waals surface area contributed by atoms with Crippen molar-refractivity contribution >= 4 is 17.8 Å². The first-order valence-electron chi connectivity index (χ1n) is 7.17. The molecule has 2 aliphatic rings. The Morgan fingerprint density at radius 1 is 1.14 bits per heavy atom. The Balaban J connectivity index is 2.01. The molecule has 2 saturated heterocycles. The molecule has 1 aromatic carbocycles. The monoisotopic (exact) mass is 302 g/mol. The Hall–Kier alpha value is -2.21. The van der Waals surface area contributed by atoms with E-state index in [-0.39, 0.29) is 17.9 Å². The molecule has 0 radical (unpaired) electrons. The molecule has 4 atom stereocenters. The van der Waals surface area contributed by atoms with Crippen LogP contribution in [0.1, 0.15) is 17.2 Å². The maximum absolute atomic E-state index is 12.4. The summed E-state index contributed by atoms with van der Waals surface area (Å²) in [4.78, 5) is 37.8. The van der Waals surface area contributed by atoms with Gasteiger partial charge in [0.15, 0.2) is 0 Å². The van der Waals surface area contributed by atoms with Crippen molar-refractivity contribution in [2.45, 2.75) is 19.0 Å². The summed E-state index contributed by atoms with van der Waals surface area (Å²) in [6.45, 7) is 1.98. The third-order valence-corrected chi connectivity index (χ3v) is 4.59. The molecular weight excluding hydrogens is 284 g/mol. The minimum absolute atomic E-state index is 0.250. The van der Waals surface area contributed by atoms with Crippen molar-refractivity contribution in [3.05, 3.63) is 35.4 Å². The number of esters is 1. The number of rotatable bonds is 2. The van der Waals surface area contributed by atoms with Gasteiger partial charge in [-0.2, -0.15) is 0 Å². The molecule has 0 aliphatic carbocycles. The van der Waals surface area contributed by atoms with Gasteiger partial charge in [-0.1, -0.05) is 29.8 Å². The van der Waals surface area contributed by atoms with E-state index >= 15 is 0 Å². The zero-order valence-corrected chi connectivity index (χ0v) is 12.7. The van der Waals surface area contributed by atoms with Gasteiger partial charge in [0.2, 0.25) is 11.8 Å². The summed E-state index contributed by atoms with van der Waals surface area (Å²) < 4.78 is 4.78. The molecule has 2 fully saturated rings. The van der Waals surface area contributed by atoms with Crippen molar-refractivity contribution < 1.29 is 19.1 Å². The van der Waals surface area contributed by atoms with Crippen LogP contribution in [0.4, 0.5) is 0 Å². The molecule has 2 amide bonds. The number of nitrogens with one attached hydrogen (secondary N) is 1. The Kier molecular flexibility index (Phi) is 3.48. The minimum Gasteiger partial charge on any atom is -0.468 e. The summed E-state index contributed by atoms with van der Waals surface area (Å²) in [6.07, 6.45) is 0. The number of hydrogen-bond acceptors (Lipinski definition) is 5. The number of fused-ring (bicyclic) bond motifs is 1. The van der Waals surface area contributed by atoms with Crippen molar-refractivity contribution in [3.8, 4) is 0 Å². The average Bonchev–Trinajstić information content (AvgIpc) is 3.01. The molecule has 0 bridgehead atoms. The highest BCUT2D eigenvalue weighted by atomic mass is 16.5. The van der Waals surface area contributed by atoms with Crippen LogP contribution in [0.3, 0.4) is 0 Å². The number of nitrogens with zero attached hydrogens (tertiary/aromatic N) is 1. The smallest absolute Gasteiger partial charge is 0.323 e. The second kappa shape index (κ2) is 5.21. The van der Waals surface area contributed by atoms with E-state index in [0.29, 0.717) is 0 Å². The molecule has 22 heavy (non-hydrogen) atoms. The molecule has 2 aliphatic heterocycles. The zero-order valence-electron chi connectivity index (χ0n) is 12.7. The molecule has 6 nitrogen and oxygen atoms in total. The van der Waals surface area contributed by atoms with Gasteiger partial charge < -0.3 is 4.74 Å². The van der Waals surface area contributed by atoms with Crippen molar-refractivity contribution in [2.75, 3.05) is 14.2 Å². The van der Waals surface area contributed by atoms with Crippen LogP contribution >= 0.6 is 0 Å². The van der Waals surface area contributed by atoms with Gasteiger partial charge in [0.1, 0.15) is 6.04 Å². The average molecular weight is 302 g/mol. The normalized spacial score (nSPS) is 30.6. The molecule has 0 spiro atoms. The zero-order chi connectivity index (χ0) is 16.0. The summed E-state index contributed by atoms with van der Waals surface area (Å²) in [5.41, 5.74) is 2.00. The molecule has 6 heteroatoms. The topological polar surface area (TPSA) is 75.7 Å². The van der Waals surface area contributed by atoms with Crippen LogP contribution in [0.2, 0.25) is 0 Å². The fourth-order valence-electron chi connectivity index (χ4n) is 3.38. The van der Waals surface area contributed by atoms with Gasteiger partial charge in [-0.15, -0.1) is 0 Å². The number of hydrogen-bond donors (Lipinski definition) is 1. The van der Waals surface area contributed by atoms with E-state index in [9.17, 15) is 14.4 Å². The summed E-state index contributed by atoms with van der Waals surface area (Å²) in [5, 5.41) is 3.12. The predicted octanol–water partition coefficient (Wildman–Crippen LogP) is 0.412. The number of amides is 2. The summed E-state index contributed by atoms with van der Waals surface area (Å²) in [7, 11) is 2.74. The number of methoxy groups -OCH3 is 1. The summed E-state index contributed by atoms with van der Waals surface area (Å²) in [6, 6.07) is 6.57. The Morgan fingerprint density at radius 3 is 2.32 bits per heavy atom. The van der Waals surface area contributed by atoms with Gasteiger partial charge in [0.05, 0.1) is 18.9 Å². The van der Waals surface area contributed by atoms with Gasteiger partial charge >= 0.3 is 5.97 Å². The molecular formula is C16H18N2O4. The standard InChI is InChI=1S/C16H18N2O4/c1-8-4-6-9(7-5-8)12-10-11(13(17-12)16(21)22-3)15(20)18(2)14(10)19/h4-7,10-13,17H,1-3H3/t10-,11+,12+,13+/m0/s1. The van der Waals surface area contributed by atoms with E-state index in [1.807, 2.05) is 31.2 Å². The molecule has 0 saturated carbocycles. The van der Waals surface area contributed by atoms with E-state index < -0.39 is 23.8 Å². The lowest BCUT2D eigenvalue weighted by atomic mass is 9.86. The first-order valence-corrected chi connectivity index (χ1v) is 7.17. The van der Waals surface area contributed by atoms with Gasteiger partial charge in [0, 0.05) is 13.1 Å². The number of ether oxygens (including phenoxy) is 1. The van der Waals surface area contributed by atoms with Gasteiger partial charge in [-0.3, -0.25) is 24.6 Å². The Morgan fingerprint density at radius 2 is 1.73 bits per heavy atom. The Bertz CT molecular complexity index is 640. The largest absolute Gasteiger partial charge is 0.468 e. The summed E-state index contributed by atoms with van der Waals surface area (Å²) in [5.74, 6) is -2.35. The lowest BCUT2D eigenvalue weighted by molar-refractivity contribution is -0.147. The first-order chi connectivity index (χ1) is 10.5. The van der Waals surface area contributed by atoms with Gasteiger partial charge in [-0.05, 0) is 12.5 Å². The second-order valence-corrected chi connectivity index (χ2v) is 5.84. The molecule has 2 heterocycles. The van der Waals surface area contributed by atoms with E-state index in [2.05, 4.69) is 5.32 Å². The summed E-state index contributed by atoms with van der Waals surface area (Å²) >= 11 is 0. The van der Waals surface area contributed by atoms with Crippen LogP contribution in [0.5, 0.6) is 0 Å². The number of aryl methyl sites for hydroxylation is 1. The van der Waals surface area contributed by atoms with Crippen LogP contribution in [0, 0.1) is 18.8 Å². The Labute approximate surface area is 128 Å². The van der Waals surface area contributed by atoms with E-state index in [1.165, 1.54) is 14.2 Å². The van der Waals surface area contributed by atoms with E-state index in [4.69, 9.17) is 4.74 Å². The molecule has 0 unspecified atom stereocenters. The molecule has 1 aromatic rings. The van der Waals surface area contributed by atoms with Crippen LogP contribution in [-0.4, -0.2) is 42.9 Å². The van der Waals surface area contributed by atoms with Crippen LogP contribution in [0.15, 0.2) is 24.3 Å². The lowest BCUT2D eigenvalue weighted by Gasteiger charge is -2.19. The highest BCUT2D eigenvalue weighted by Gasteiger charge is 2.60. The van der Waals surface area contributed by atoms with Crippen molar-refractivity contribution in [3.63, 3.8) is 0 Å². The third-order valence-electron chi connectivity index (χ3n) is 4.59. The maximum atomic E-state index is 12.4. The quantitative estimate of drug-likeness (QED) is 0.633. The van der Waals surface area contributed by atoms with Gasteiger partial charge in [-0.25, -0.2) is 0 Å². The van der Waals surface area contributed by atoms with E-state index in [1.54, 1.807) is 0 Å². The number of benzene rings is 1. The lowest BCUT2D eigenvalue weighted by Crippen LogP contribution is -2.42. The van der Waals surface area contributed by atoms with Crippen molar-refractivity contribution in [2.24, 2.45) is 11.8 Å². The molecule has 1 N–H and O–H groups in total. The molecule has 3 rings (SSSR count). The third kappa shape index (κ3) is 2.02. The van der Waals surface area contributed by atoms with Gasteiger partial charge in [0.25, 0.3) is 0 Å². The SMILES string of the molecule is COC(=O)[C@@H]1N[C@H](c2ccc(C)cc2)[C@H]2C(=O)N(C)C(=O)[C@H]21. The number of carbonyl (C=O) groups excluding carboxylic acids is 3. The molecule has 0 aromatic heterocycles. The minimum atomic E-state index is -0.789. The number of imide groups is 1. The number of carbonyl (C=O) groups is 3. The fourth-order valence-corrected chi connectivity index (χ4v) is 3.38. The van der Waals surface area contributed by atoms with Crippen LogP contribution < -0.4 is 5.32 Å². The molecule has 116 valence electrons. The highest BCUT2D eigenvalue weighted by molar-refractivity contribution is 6.08. The van der Waals surface area contributed by atoms with E-state index in [0.717, 1.165) is 16.0 Å². The van der Waals surface area contributed by atoms with Crippen LogP contribution in [0.25, 0.3) is 0 Å². The fraction of sp³-hybridized carbons (Fsp3) is 0.438.